The molecule has 0 bridgehead atoms. The normalized spacial score (nSPS) is 8.21. The van der Waals surface area contributed by atoms with E-state index in [1.807, 2.05) is 28.2 Å². The third-order valence-corrected chi connectivity index (χ3v) is 0.243. The monoisotopic (exact) mass is 240 g/mol. The molecule has 0 aliphatic carbocycles. The number of nitrogens with one attached hydrogen (secondary N) is 2. The summed E-state index contributed by atoms with van der Waals surface area (Å²) in [6.45, 7) is 0. The van der Waals surface area contributed by atoms with E-state index in [9.17, 15) is 13.2 Å². The third-order valence-electron chi connectivity index (χ3n) is 0.243. The Morgan fingerprint density at radius 3 is 1.14 bits per heavy atom. The number of carboxylic acids is 1. The van der Waals surface area contributed by atoms with E-state index in [0.29, 0.717) is 0 Å². The molecule has 0 saturated carbocycles. The minimum Gasteiger partial charge on any atom is -0.475 e. The van der Waals surface area contributed by atoms with E-state index in [4.69, 9.17) is 9.90 Å². The smallest absolute Gasteiger partial charge is 0.475 e. The Bertz CT molecular complexity index is 120. The Hall–Kier alpha value is -0.530. The molecule has 0 aromatic carbocycles. The topological polar surface area (TPSA) is 61.4 Å². The second-order valence-electron chi connectivity index (χ2n) is 1.80. The molecular formula is C6H16ClF3N2O2. The van der Waals surface area contributed by atoms with Gasteiger partial charge in [0.1, 0.15) is 0 Å². The van der Waals surface area contributed by atoms with Gasteiger partial charge < -0.3 is 15.7 Å². The van der Waals surface area contributed by atoms with Crippen LogP contribution in [-0.2, 0) is 4.79 Å². The van der Waals surface area contributed by atoms with E-state index in [2.05, 4.69) is 10.6 Å². The summed E-state index contributed by atoms with van der Waals surface area (Å²) in [5, 5.41) is 12.6. The number of hydrogen-bond acceptors (Lipinski definition) is 3. The summed E-state index contributed by atoms with van der Waals surface area (Å²) in [5.74, 6) is -2.76. The van der Waals surface area contributed by atoms with Crippen LogP contribution in [0.4, 0.5) is 13.2 Å². The largest absolute Gasteiger partial charge is 0.490 e. The van der Waals surface area contributed by atoms with E-state index in [1.165, 1.54) is 0 Å². The van der Waals surface area contributed by atoms with Crippen molar-refractivity contribution in [3.63, 3.8) is 0 Å². The van der Waals surface area contributed by atoms with Crippen molar-refractivity contribution in [1.82, 2.24) is 10.6 Å². The quantitative estimate of drug-likeness (QED) is 0.584. The second-order valence-corrected chi connectivity index (χ2v) is 1.80. The number of aliphatic carboxylic acids is 1. The number of hydrogen-bond donors (Lipinski definition) is 3. The van der Waals surface area contributed by atoms with Crippen LogP contribution in [0.25, 0.3) is 0 Å². The van der Waals surface area contributed by atoms with Crippen LogP contribution in [0.5, 0.6) is 0 Å². The fourth-order valence-corrected chi connectivity index (χ4v) is 0. The predicted octanol–water partition coefficient (Wildman–Crippen LogP) is 0.726. The molecule has 0 saturated heterocycles. The van der Waals surface area contributed by atoms with Crippen LogP contribution < -0.4 is 10.6 Å². The lowest BCUT2D eigenvalue weighted by molar-refractivity contribution is -0.192. The molecule has 0 amide bonds. The molecule has 0 radical (unpaired) electrons. The summed E-state index contributed by atoms with van der Waals surface area (Å²) < 4.78 is 31.7. The number of alkyl halides is 3. The van der Waals surface area contributed by atoms with Gasteiger partial charge in [0.2, 0.25) is 0 Å². The lowest BCUT2D eigenvalue weighted by Gasteiger charge is -1.93. The zero-order chi connectivity index (χ0) is 11.5. The molecule has 3 N–H and O–H groups in total. The van der Waals surface area contributed by atoms with Crippen molar-refractivity contribution in [2.45, 2.75) is 6.18 Å². The third kappa shape index (κ3) is 42.0. The molecule has 90 valence electrons. The summed E-state index contributed by atoms with van der Waals surface area (Å²) in [4.78, 5) is 8.90. The number of carboxylic acid groups (broad SMARTS) is 1. The van der Waals surface area contributed by atoms with Crippen molar-refractivity contribution in [1.29, 1.82) is 0 Å². The molecule has 0 atom stereocenters. The van der Waals surface area contributed by atoms with Gasteiger partial charge in [-0.2, -0.15) is 13.2 Å². The molecule has 0 aromatic heterocycles. The van der Waals surface area contributed by atoms with Gasteiger partial charge in [-0.1, -0.05) is 0 Å². The van der Waals surface area contributed by atoms with Crippen LogP contribution in [0.3, 0.4) is 0 Å². The van der Waals surface area contributed by atoms with Crippen LogP contribution in [-0.4, -0.2) is 45.4 Å². The fraction of sp³-hybridized carbons (Fsp3) is 0.833. The van der Waals surface area contributed by atoms with Crippen LogP contribution in [0.1, 0.15) is 0 Å². The van der Waals surface area contributed by atoms with E-state index in [1.54, 1.807) is 0 Å². The number of rotatable bonds is 0. The molecule has 8 heteroatoms. The molecule has 0 aliphatic rings. The average molecular weight is 241 g/mol. The highest BCUT2D eigenvalue weighted by Crippen LogP contribution is 2.13. The maximum absolute atomic E-state index is 10.6. The second kappa shape index (κ2) is 15.0. The first kappa shape index (κ1) is 23.4. The lowest BCUT2D eigenvalue weighted by Crippen LogP contribution is -2.21. The van der Waals surface area contributed by atoms with E-state index in [0.717, 1.165) is 0 Å². The van der Waals surface area contributed by atoms with Gasteiger partial charge in [-0.15, -0.1) is 12.4 Å². The first-order chi connectivity index (χ1) is 5.77. The summed E-state index contributed by atoms with van der Waals surface area (Å²) in [5.41, 5.74) is 0. The number of carbonyl (C=O) groups is 1. The molecule has 0 aromatic rings. The first-order valence-electron chi connectivity index (χ1n) is 3.24. The van der Waals surface area contributed by atoms with Gasteiger partial charge in [-0.25, -0.2) is 4.79 Å². The Balaban J connectivity index is -0.0000000610. The molecule has 0 heterocycles. The summed E-state index contributed by atoms with van der Waals surface area (Å²) in [6, 6.07) is 0. The van der Waals surface area contributed by atoms with Gasteiger partial charge >= 0.3 is 12.1 Å². The van der Waals surface area contributed by atoms with Crippen LogP contribution >= 0.6 is 12.4 Å². The predicted molar refractivity (Wildman–Crippen MR) is 50.9 cm³/mol. The van der Waals surface area contributed by atoms with Gasteiger partial charge in [0.25, 0.3) is 0 Å². The number of halogens is 4. The van der Waals surface area contributed by atoms with Crippen LogP contribution in [0, 0.1) is 0 Å². The lowest BCUT2D eigenvalue weighted by atomic mass is 10.7. The SMILES string of the molecule is CNC.CNC.Cl.O=C(O)C(F)(F)F. The van der Waals surface area contributed by atoms with Gasteiger partial charge in [0.15, 0.2) is 0 Å². The van der Waals surface area contributed by atoms with E-state index >= 15 is 0 Å². The molecule has 0 spiro atoms. The maximum Gasteiger partial charge on any atom is 0.490 e. The van der Waals surface area contributed by atoms with Crippen LogP contribution in [0.2, 0.25) is 0 Å². The van der Waals surface area contributed by atoms with Crippen molar-refractivity contribution in [2.24, 2.45) is 0 Å². The highest BCUT2D eigenvalue weighted by Gasteiger charge is 2.38. The Labute approximate surface area is 87.3 Å². The molecule has 0 fully saturated rings. The minimum atomic E-state index is -5.08. The summed E-state index contributed by atoms with van der Waals surface area (Å²) in [6.07, 6.45) is -5.08. The molecule has 0 rings (SSSR count). The van der Waals surface area contributed by atoms with Crippen molar-refractivity contribution in [3.8, 4) is 0 Å². The average Bonchev–Trinajstić information content (AvgIpc) is 1.88. The molecule has 0 unspecified atom stereocenters. The Morgan fingerprint density at radius 1 is 1.07 bits per heavy atom. The molecular weight excluding hydrogens is 225 g/mol. The highest BCUT2D eigenvalue weighted by atomic mass is 35.5. The van der Waals surface area contributed by atoms with Gasteiger partial charge in [-0.3, -0.25) is 0 Å². The van der Waals surface area contributed by atoms with Gasteiger partial charge in [0.05, 0.1) is 0 Å². The van der Waals surface area contributed by atoms with Crippen molar-refractivity contribution in [2.75, 3.05) is 28.2 Å². The highest BCUT2D eigenvalue weighted by molar-refractivity contribution is 5.85. The molecule has 0 aliphatic heterocycles. The zero-order valence-corrected chi connectivity index (χ0v) is 9.21. The van der Waals surface area contributed by atoms with E-state index in [-0.39, 0.29) is 12.4 Å². The first-order valence-corrected chi connectivity index (χ1v) is 3.24. The standard InChI is InChI=1S/C2HF3O2.2C2H7N.ClH/c3-2(4,5)1(6)7;2*1-3-2;/h(H,6,7);2*3H,1-2H3;1H. The Morgan fingerprint density at radius 2 is 1.14 bits per heavy atom. The van der Waals surface area contributed by atoms with Crippen molar-refractivity contribution >= 4 is 18.4 Å². The summed E-state index contributed by atoms with van der Waals surface area (Å²) >= 11 is 0. The fourth-order valence-electron chi connectivity index (χ4n) is 0. The van der Waals surface area contributed by atoms with Gasteiger partial charge in [-0.05, 0) is 28.2 Å². The molecule has 14 heavy (non-hydrogen) atoms. The Kier molecular flexibility index (Phi) is 25.0. The van der Waals surface area contributed by atoms with Crippen molar-refractivity contribution < 1.29 is 23.1 Å². The maximum atomic E-state index is 10.6. The molecule has 4 nitrogen and oxygen atoms in total. The minimum absolute atomic E-state index is 0. The summed E-state index contributed by atoms with van der Waals surface area (Å²) in [7, 11) is 7.50. The zero-order valence-electron chi connectivity index (χ0n) is 8.40. The van der Waals surface area contributed by atoms with Crippen molar-refractivity contribution in [3.05, 3.63) is 0 Å². The van der Waals surface area contributed by atoms with Gasteiger partial charge in [0, 0.05) is 0 Å². The van der Waals surface area contributed by atoms with E-state index < -0.39 is 12.1 Å². The van der Waals surface area contributed by atoms with Crippen LogP contribution in [0.15, 0.2) is 0 Å².